The zero-order valence-corrected chi connectivity index (χ0v) is 14.9. The number of aromatic nitrogens is 2. The minimum Gasteiger partial charge on any atom is -0.373 e. The third kappa shape index (κ3) is 3.91. The first kappa shape index (κ1) is 16.8. The number of hydrogen-bond acceptors (Lipinski definition) is 4. The molecule has 0 unspecified atom stereocenters. The van der Waals surface area contributed by atoms with Crippen LogP contribution in [0.1, 0.15) is 51.2 Å². The van der Waals surface area contributed by atoms with Crippen molar-refractivity contribution in [2.75, 3.05) is 18.9 Å². The molecule has 2 atom stereocenters. The molecule has 1 N–H and O–H groups in total. The average Bonchev–Trinajstić information content (AvgIpc) is 3.18. The molecule has 2 heterocycles. The molecule has 0 radical (unpaired) electrons. The lowest BCUT2D eigenvalue weighted by atomic mass is 9.90. The van der Waals surface area contributed by atoms with Gasteiger partial charge in [0.05, 0.1) is 18.2 Å². The second-order valence-corrected chi connectivity index (χ2v) is 8.24. The summed E-state index contributed by atoms with van der Waals surface area (Å²) in [5.74, 6) is 1.16. The first-order chi connectivity index (χ1) is 11.2. The molecule has 1 aliphatic heterocycles. The van der Waals surface area contributed by atoms with Crippen molar-refractivity contribution >= 4 is 17.7 Å². The summed E-state index contributed by atoms with van der Waals surface area (Å²) in [6.07, 6.45) is 7.98. The molecular formula is C17H27N3O2S. The first-order valence-electron chi connectivity index (χ1n) is 8.73. The van der Waals surface area contributed by atoms with Gasteiger partial charge in [0.1, 0.15) is 0 Å². The summed E-state index contributed by atoms with van der Waals surface area (Å²) < 4.78 is 8.13. The fraction of sp³-hybridized carbons (Fsp3) is 0.765. The van der Waals surface area contributed by atoms with Crippen molar-refractivity contribution in [1.82, 2.24) is 15.1 Å². The lowest BCUT2D eigenvalue weighted by molar-refractivity contribution is -0.134. The molecule has 1 aliphatic carbocycles. The number of rotatable bonds is 7. The van der Waals surface area contributed by atoms with Crippen molar-refractivity contribution in [3.05, 3.63) is 18.0 Å². The zero-order valence-electron chi connectivity index (χ0n) is 14.1. The molecule has 1 saturated carbocycles. The normalized spacial score (nSPS) is 26.0. The number of aryl methyl sites for hydroxylation is 1. The van der Waals surface area contributed by atoms with Gasteiger partial charge in [-0.2, -0.15) is 16.9 Å². The first-order valence-corrected chi connectivity index (χ1v) is 9.71. The number of ether oxygens (including phenoxy) is 1. The minimum atomic E-state index is -0.155. The van der Waals surface area contributed by atoms with Crippen LogP contribution in [0.5, 0.6) is 0 Å². The van der Waals surface area contributed by atoms with E-state index >= 15 is 0 Å². The Hall–Kier alpha value is -1.01. The Morgan fingerprint density at radius 3 is 3.00 bits per heavy atom. The van der Waals surface area contributed by atoms with Gasteiger partial charge in [-0.25, -0.2) is 0 Å². The summed E-state index contributed by atoms with van der Waals surface area (Å²) in [5.41, 5.74) is 1.02. The largest absolute Gasteiger partial charge is 0.373 e. The van der Waals surface area contributed by atoms with Gasteiger partial charge in [0.2, 0.25) is 5.91 Å². The summed E-state index contributed by atoms with van der Waals surface area (Å²) in [5, 5.41) is 7.52. The van der Waals surface area contributed by atoms with Crippen LogP contribution in [-0.4, -0.2) is 39.3 Å². The van der Waals surface area contributed by atoms with E-state index in [4.69, 9.17) is 4.74 Å². The van der Waals surface area contributed by atoms with Gasteiger partial charge in [0.25, 0.3) is 0 Å². The Morgan fingerprint density at radius 2 is 2.35 bits per heavy atom. The maximum Gasteiger partial charge on any atom is 0.226 e. The molecule has 5 nitrogen and oxygen atoms in total. The predicted molar refractivity (Wildman–Crippen MR) is 92.4 cm³/mol. The summed E-state index contributed by atoms with van der Waals surface area (Å²) in [7, 11) is 0. The van der Waals surface area contributed by atoms with Gasteiger partial charge in [-0.15, -0.1) is 0 Å². The topological polar surface area (TPSA) is 56.1 Å². The van der Waals surface area contributed by atoms with Crippen LogP contribution >= 0.6 is 11.8 Å². The van der Waals surface area contributed by atoms with Crippen LogP contribution in [0, 0.1) is 5.92 Å². The molecule has 23 heavy (non-hydrogen) atoms. The number of nitrogens with zero attached hydrogens (tertiary/aromatic N) is 2. The molecule has 6 heteroatoms. The van der Waals surface area contributed by atoms with Gasteiger partial charge in [-0.05, 0) is 38.4 Å². The number of carbonyl (C=O) groups is 1. The van der Waals surface area contributed by atoms with Crippen LogP contribution in [-0.2, 0) is 16.1 Å². The Balaban J connectivity index is 1.62. The molecule has 0 spiro atoms. The number of thioether (sulfide) groups is 1. The Kier molecular flexibility index (Phi) is 5.31. The van der Waals surface area contributed by atoms with Crippen molar-refractivity contribution in [1.29, 1.82) is 0 Å². The Bertz CT molecular complexity index is 542. The van der Waals surface area contributed by atoms with Gasteiger partial charge in [-0.1, -0.05) is 6.92 Å². The zero-order chi connectivity index (χ0) is 16.3. The van der Waals surface area contributed by atoms with Crippen molar-refractivity contribution in [3.8, 4) is 0 Å². The van der Waals surface area contributed by atoms with Crippen molar-refractivity contribution in [2.24, 2.45) is 5.92 Å². The summed E-state index contributed by atoms with van der Waals surface area (Å²) in [6.45, 7) is 6.59. The molecule has 1 aromatic heterocycles. The maximum absolute atomic E-state index is 12.7. The number of carbonyl (C=O) groups excluding carboxylic acids is 1. The smallest absolute Gasteiger partial charge is 0.226 e. The molecule has 1 saturated heterocycles. The summed E-state index contributed by atoms with van der Waals surface area (Å²) in [4.78, 5) is 12.7. The van der Waals surface area contributed by atoms with E-state index in [2.05, 4.69) is 24.3 Å². The van der Waals surface area contributed by atoms with Crippen LogP contribution in [0.2, 0.25) is 0 Å². The number of amides is 1. The van der Waals surface area contributed by atoms with Gasteiger partial charge < -0.3 is 10.1 Å². The van der Waals surface area contributed by atoms with Crippen LogP contribution in [0.25, 0.3) is 0 Å². The number of hydrogen-bond donors (Lipinski definition) is 1. The molecular weight excluding hydrogens is 310 g/mol. The monoisotopic (exact) mass is 337 g/mol. The highest BCUT2D eigenvalue weighted by atomic mass is 32.2. The van der Waals surface area contributed by atoms with E-state index in [0.29, 0.717) is 4.75 Å². The highest BCUT2D eigenvalue weighted by Gasteiger charge is 2.43. The number of nitrogens with one attached hydrogen (secondary N) is 1. The van der Waals surface area contributed by atoms with Crippen LogP contribution in [0.15, 0.2) is 12.4 Å². The van der Waals surface area contributed by atoms with Crippen molar-refractivity contribution in [2.45, 2.75) is 56.9 Å². The van der Waals surface area contributed by atoms with Gasteiger partial charge in [0.15, 0.2) is 0 Å². The van der Waals surface area contributed by atoms with Crippen molar-refractivity contribution < 1.29 is 9.53 Å². The van der Waals surface area contributed by atoms with Crippen LogP contribution in [0.3, 0.4) is 0 Å². The molecule has 2 aliphatic rings. The summed E-state index contributed by atoms with van der Waals surface area (Å²) >= 11 is 1.98. The van der Waals surface area contributed by atoms with Crippen LogP contribution < -0.4 is 5.32 Å². The highest BCUT2D eigenvalue weighted by molar-refractivity contribution is 8.00. The van der Waals surface area contributed by atoms with E-state index < -0.39 is 0 Å². The second kappa shape index (κ2) is 7.26. The van der Waals surface area contributed by atoms with E-state index in [1.54, 1.807) is 0 Å². The SMILES string of the molecule is CCSC1(CNC(=O)[C@@H]2CCCO[C@H]2c2cnn(CC)c2)CC1. The van der Waals surface area contributed by atoms with Crippen molar-refractivity contribution in [3.63, 3.8) is 0 Å². The van der Waals surface area contributed by atoms with Crippen LogP contribution in [0.4, 0.5) is 0 Å². The molecule has 1 amide bonds. The lowest BCUT2D eigenvalue weighted by Gasteiger charge is -2.30. The quantitative estimate of drug-likeness (QED) is 0.831. The van der Waals surface area contributed by atoms with Gasteiger partial charge in [0, 0.05) is 36.2 Å². The predicted octanol–water partition coefficient (Wildman–Crippen LogP) is 2.77. The lowest BCUT2D eigenvalue weighted by Crippen LogP contribution is -2.40. The van der Waals surface area contributed by atoms with Gasteiger partial charge in [-0.3, -0.25) is 9.48 Å². The van der Waals surface area contributed by atoms with E-state index in [9.17, 15) is 4.79 Å². The van der Waals surface area contributed by atoms with E-state index in [0.717, 1.165) is 43.9 Å². The third-order valence-electron chi connectivity index (χ3n) is 4.81. The van der Waals surface area contributed by atoms with E-state index in [1.165, 1.54) is 12.8 Å². The second-order valence-electron chi connectivity index (χ2n) is 6.50. The summed E-state index contributed by atoms with van der Waals surface area (Å²) in [6, 6.07) is 0. The van der Waals surface area contributed by atoms with E-state index in [1.807, 2.05) is 28.8 Å². The molecule has 0 bridgehead atoms. The molecule has 0 aromatic carbocycles. The van der Waals surface area contributed by atoms with Gasteiger partial charge >= 0.3 is 0 Å². The molecule has 3 rings (SSSR count). The Morgan fingerprint density at radius 1 is 1.52 bits per heavy atom. The maximum atomic E-state index is 12.7. The highest BCUT2D eigenvalue weighted by Crippen LogP contribution is 2.47. The Labute approximate surface area is 142 Å². The molecule has 1 aromatic rings. The fourth-order valence-corrected chi connectivity index (χ4v) is 4.45. The molecule has 128 valence electrons. The third-order valence-corrected chi connectivity index (χ3v) is 6.26. The molecule has 2 fully saturated rings. The van der Waals surface area contributed by atoms with E-state index in [-0.39, 0.29) is 17.9 Å². The minimum absolute atomic E-state index is 0.0966. The standard InChI is InChI=1S/C17H27N3O2S/c1-3-20-11-13(10-19-20)15-14(6-5-9-22-15)16(21)18-12-17(7-8-17)23-4-2/h10-11,14-15H,3-9,12H2,1-2H3,(H,18,21)/t14-,15+/m1/s1. The average molecular weight is 337 g/mol. The fourth-order valence-electron chi connectivity index (χ4n) is 3.27.